The van der Waals surface area contributed by atoms with Crippen molar-refractivity contribution in [3.05, 3.63) is 24.3 Å². The summed E-state index contributed by atoms with van der Waals surface area (Å²) >= 11 is 0. The van der Waals surface area contributed by atoms with Crippen molar-refractivity contribution < 1.29 is 28.5 Å². The van der Waals surface area contributed by atoms with Gasteiger partial charge in [-0.2, -0.15) is 0 Å². The third-order valence-electron chi connectivity index (χ3n) is 4.33. The van der Waals surface area contributed by atoms with E-state index in [0.29, 0.717) is 18.0 Å². The second kappa shape index (κ2) is 10.3. The van der Waals surface area contributed by atoms with Crippen LogP contribution in [0.1, 0.15) is 33.6 Å². The third-order valence-corrected chi connectivity index (χ3v) is 4.33. The zero-order valence-corrected chi connectivity index (χ0v) is 16.4. The van der Waals surface area contributed by atoms with Gasteiger partial charge in [0, 0.05) is 18.4 Å². The van der Waals surface area contributed by atoms with Gasteiger partial charge in [0.2, 0.25) is 0 Å². The van der Waals surface area contributed by atoms with Crippen molar-refractivity contribution >= 4 is 17.6 Å². The van der Waals surface area contributed by atoms with Crippen molar-refractivity contribution in [2.75, 3.05) is 25.6 Å². The molecule has 1 aliphatic heterocycles. The fraction of sp³-hybridized carbons (Fsp3) is 0.600. The molecule has 1 aromatic carbocycles. The lowest BCUT2D eigenvalue weighted by Gasteiger charge is -2.23. The molecule has 7 nitrogen and oxygen atoms in total. The van der Waals surface area contributed by atoms with Gasteiger partial charge in [0.1, 0.15) is 5.75 Å². The first-order valence-corrected chi connectivity index (χ1v) is 9.29. The summed E-state index contributed by atoms with van der Waals surface area (Å²) in [4.78, 5) is 24.9. The van der Waals surface area contributed by atoms with Gasteiger partial charge in [-0.25, -0.2) is 4.79 Å². The van der Waals surface area contributed by atoms with Crippen LogP contribution in [0, 0.1) is 5.92 Å². The number of carbonyl (C=O) groups excluding carboxylic acids is 2. The molecule has 2 rings (SSSR count). The monoisotopic (exact) mass is 379 g/mol. The molecule has 3 unspecified atom stereocenters. The molecule has 1 aliphatic rings. The number of rotatable bonds is 9. The van der Waals surface area contributed by atoms with Gasteiger partial charge in [-0.3, -0.25) is 4.79 Å². The molecule has 0 radical (unpaired) electrons. The quantitative estimate of drug-likeness (QED) is 0.665. The lowest BCUT2D eigenvalue weighted by Crippen LogP contribution is -2.39. The van der Waals surface area contributed by atoms with E-state index in [0.717, 1.165) is 19.4 Å². The molecule has 0 aliphatic carbocycles. The molecule has 0 bridgehead atoms. The molecule has 3 atom stereocenters. The van der Waals surface area contributed by atoms with Crippen LogP contribution in [0.25, 0.3) is 0 Å². The highest BCUT2D eigenvalue weighted by Gasteiger charge is 2.29. The van der Waals surface area contributed by atoms with Crippen LogP contribution in [0.5, 0.6) is 5.75 Å². The van der Waals surface area contributed by atoms with E-state index in [4.69, 9.17) is 18.9 Å². The Labute approximate surface area is 160 Å². The molecule has 27 heavy (non-hydrogen) atoms. The van der Waals surface area contributed by atoms with Crippen molar-refractivity contribution in [2.45, 2.75) is 51.9 Å². The Morgan fingerprint density at radius 2 is 2.07 bits per heavy atom. The maximum absolute atomic E-state index is 12.6. The maximum Gasteiger partial charge on any atom is 0.335 e. The Balaban J connectivity index is 1.90. The van der Waals surface area contributed by atoms with Crippen molar-refractivity contribution in [2.24, 2.45) is 5.92 Å². The molecule has 0 aromatic heterocycles. The molecule has 1 N–H and O–H groups in total. The summed E-state index contributed by atoms with van der Waals surface area (Å²) in [5, 5.41) is 2.76. The Bertz CT molecular complexity index is 627. The normalized spacial score (nSPS) is 18.8. The van der Waals surface area contributed by atoms with Crippen molar-refractivity contribution in [3.8, 4) is 5.75 Å². The topological polar surface area (TPSA) is 83.1 Å². The minimum atomic E-state index is -0.919. The van der Waals surface area contributed by atoms with E-state index in [1.807, 2.05) is 13.8 Å². The maximum atomic E-state index is 12.6. The highest BCUT2D eigenvalue weighted by atomic mass is 16.6. The number of hydrogen-bond acceptors (Lipinski definition) is 6. The van der Waals surface area contributed by atoms with Gasteiger partial charge >= 0.3 is 5.97 Å². The molecule has 0 saturated carbocycles. The third kappa shape index (κ3) is 6.52. The standard InChI is InChI=1S/C20H29NO6/c1-13(2)18(19(22)21-15-7-5-8-16(11-15)24-4)27-20(23)14(3)26-12-17-9-6-10-25-17/h5,7-8,11,13-14,17-18H,6,9-10,12H2,1-4H3,(H,21,22). The highest BCUT2D eigenvalue weighted by molar-refractivity contribution is 5.95. The van der Waals surface area contributed by atoms with Crippen molar-refractivity contribution in [1.82, 2.24) is 0 Å². The number of ether oxygens (including phenoxy) is 4. The lowest BCUT2D eigenvalue weighted by atomic mass is 10.1. The SMILES string of the molecule is COc1cccc(NC(=O)C(OC(=O)C(C)OCC2CCCO2)C(C)C)c1. The van der Waals surface area contributed by atoms with Crippen LogP contribution in [0.2, 0.25) is 0 Å². The van der Waals surface area contributed by atoms with E-state index in [-0.39, 0.29) is 12.0 Å². The van der Waals surface area contributed by atoms with Crippen LogP contribution in [-0.4, -0.2) is 50.5 Å². The molecule has 1 heterocycles. The molecule has 7 heteroatoms. The fourth-order valence-corrected chi connectivity index (χ4v) is 2.72. The van der Waals surface area contributed by atoms with Gasteiger partial charge in [-0.1, -0.05) is 19.9 Å². The van der Waals surface area contributed by atoms with Crippen LogP contribution in [0.4, 0.5) is 5.69 Å². The Hall–Kier alpha value is -2.12. The minimum absolute atomic E-state index is 0.0255. The van der Waals surface area contributed by atoms with Crippen LogP contribution in [0.3, 0.4) is 0 Å². The van der Waals surface area contributed by atoms with Crippen molar-refractivity contribution in [3.63, 3.8) is 0 Å². The zero-order valence-electron chi connectivity index (χ0n) is 16.4. The van der Waals surface area contributed by atoms with Gasteiger partial charge in [-0.05, 0) is 37.8 Å². The number of hydrogen-bond donors (Lipinski definition) is 1. The summed E-state index contributed by atoms with van der Waals surface area (Å²) < 4.78 is 21.6. The van der Waals surface area contributed by atoms with Gasteiger partial charge in [-0.15, -0.1) is 0 Å². The Morgan fingerprint density at radius 3 is 2.70 bits per heavy atom. The number of methoxy groups -OCH3 is 1. The summed E-state index contributed by atoms with van der Waals surface area (Å²) in [6.45, 7) is 6.34. The Morgan fingerprint density at radius 1 is 1.30 bits per heavy atom. The van der Waals surface area contributed by atoms with Crippen LogP contribution in [0.15, 0.2) is 24.3 Å². The number of carbonyl (C=O) groups is 2. The van der Waals surface area contributed by atoms with Gasteiger partial charge in [0.25, 0.3) is 5.91 Å². The first-order valence-electron chi connectivity index (χ1n) is 9.29. The van der Waals surface area contributed by atoms with Gasteiger partial charge in [0.05, 0.1) is 19.8 Å². The van der Waals surface area contributed by atoms with E-state index < -0.39 is 24.1 Å². The first-order chi connectivity index (χ1) is 12.9. The first kappa shape index (κ1) is 21.2. The highest BCUT2D eigenvalue weighted by Crippen LogP contribution is 2.19. The van der Waals surface area contributed by atoms with E-state index in [2.05, 4.69) is 5.32 Å². The summed E-state index contributed by atoms with van der Waals surface area (Å²) in [6.07, 6.45) is 0.279. The van der Waals surface area contributed by atoms with Crippen molar-refractivity contribution in [1.29, 1.82) is 0 Å². The predicted molar refractivity (Wildman–Crippen MR) is 101 cm³/mol. The fourth-order valence-electron chi connectivity index (χ4n) is 2.72. The minimum Gasteiger partial charge on any atom is -0.497 e. The van der Waals surface area contributed by atoms with Crippen LogP contribution >= 0.6 is 0 Å². The number of benzene rings is 1. The van der Waals surface area contributed by atoms with E-state index in [1.54, 1.807) is 38.3 Å². The summed E-state index contributed by atoms with van der Waals surface area (Å²) in [7, 11) is 1.55. The lowest BCUT2D eigenvalue weighted by molar-refractivity contribution is -0.168. The van der Waals surface area contributed by atoms with Gasteiger partial charge in [0.15, 0.2) is 12.2 Å². The molecule has 1 aromatic rings. The number of esters is 1. The second-order valence-corrected chi connectivity index (χ2v) is 6.93. The number of anilines is 1. The van der Waals surface area contributed by atoms with Crippen LogP contribution in [-0.2, 0) is 23.8 Å². The molecule has 150 valence electrons. The number of amides is 1. The molecular formula is C20H29NO6. The average Bonchev–Trinajstić information content (AvgIpc) is 3.17. The van der Waals surface area contributed by atoms with E-state index in [9.17, 15) is 9.59 Å². The summed E-state index contributed by atoms with van der Waals surface area (Å²) in [5.41, 5.74) is 0.573. The van der Waals surface area contributed by atoms with E-state index >= 15 is 0 Å². The zero-order chi connectivity index (χ0) is 19.8. The van der Waals surface area contributed by atoms with E-state index in [1.165, 1.54) is 0 Å². The summed E-state index contributed by atoms with van der Waals surface area (Å²) in [5.74, 6) is -0.516. The Kier molecular flexibility index (Phi) is 8.06. The average molecular weight is 379 g/mol. The molecule has 1 amide bonds. The molecular weight excluding hydrogens is 350 g/mol. The molecule has 1 saturated heterocycles. The molecule has 1 fully saturated rings. The predicted octanol–water partition coefficient (Wildman–Crippen LogP) is 2.79. The van der Waals surface area contributed by atoms with Gasteiger partial charge < -0.3 is 24.3 Å². The second-order valence-electron chi connectivity index (χ2n) is 6.93. The largest absolute Gasteiger partial charge is 0.497 e. The smallest absolute Gasteiger partial charge is 0.335 e. The summed E-state index contributed by atoms with van der Waals surface area (Å²) in [6, 6.07) is 6.99. The van der Waals surface area contributed by atoms with Crippen LogP contribution < -0.4 is 10.1 Å². The molecule has 0 spiro atoms. The number of nitrogens with one attached hydrogen (secondary N) is 1.